The Morgan fingerprint density at radius 1 is 1.15 bits per heavy atom. The number of benzene rings is 1. The van der Waals surface area contributed by atoms with E-state index in [1.54, 1.807) is 0 Å². The predicted octanol–water partition coefficient (Wildman–Crippen LogP) is 2.96. The molecule has 13 heavy (non-hydrogen) atoms. The van der Waals surface area contributed by atoms with E-state index in [0.717, 1.165) is 0 Å². The van der Waals surface area contributed by atoms with Crippen LogP contribution in [-0.2, 0) is 0 Å². The Hall–Kier alpha value is -0.760. The smallest absolute Gasteiger partial charge is 0.0983 e. The molecule has 0 amide bonds. The zero-order valence-corrected chi connectivity index (χ0v) is 8.71. The Morgan fingerprint density at radius 3 is 2.38 bits per heavy atom. The molecule has 1 aromatic rings. The Labute approximate surface area is 83.3 Å². The van der Waals surface area contributed by atoms with Crippen LogP contribution in [0.2, 0.25) is 0 Å². The highest BCUT2D eigenvalue weighted by molar-refractivity contribution is 8.15. The lowest BCUT2D eigenvalue weighted by Gasteiger charge is -2.03. The minimum atomic E-state index is 0.459. The van der Waals surface area contributed by atoms with Gasteiger partial charge in [0.1, 0.15) is 0 Å². The van der Waals surface area contributed by atoms with Crippen molar-refractivity contribution in [3.8, 4) is 0 Å². The van der Waals surface area contributed by atoms with Crippen molar-refractivity contribution in [1.82, 2.24) is 0 Å². The first-order chi connectivity index (χ1) is 6.27. The topological polar surface area (TPSA) is 12.4 Å². The number of aliphatic imine (C=N–C) groups is 1. The highest BCUT2D eigenvalue weighted by atomic mass is 32.2. The third kappa shape index (κ3) is 1.78. The number of hydrogen-bond donors (Lipinski definition) is 0. The SMILES string of the molecule is CC1N=C(c2ccccc2)S[C@@H]1C. The predicted molar refractivity (Wildman–Crippen MR) is 59.5 cm³/mol. The van der Waals surface area contributed by atoms with Crippen molar-refractivity contribution in [1.29, 1.82) is 0 Å². The van der Waals surface area contributed by atoms with Crippen molar-refractivity contribution in [3.05, 3.63) is 35.9 Å². The fourth-order valence-electron chi connectivity index (χ4n) is 1.32. The second kappa shape index (κ2) is 3.54. The van der Waals surface area contributed by atoms with Crippen LogP contribution in [0.5, 0.6) is 0 Å². The third-order valence-electron chi connectivity index (χ3n) is 2.32. The Balaban J connectivity index is 2.25. The monoisotopic (exact) mass is 191 g/mol. The fourth-order valence-corrected chi connectivity index (χ4v) is 2.43. The van der Waals surface area contributed by atoms with Crippen molar-refractivity contribution >= 4 is 16.8 Å². The van der Waals surface area contributed by atoms with Crippen LogP contribution in [0, 0.1) is 0 Å². The van der Waals surface area contributed by atoms with Crippen LogP contribution in [0.15, 0.2) is 35.3 Å². The van der Waals surface area contributed by atoms with Gasteiger partial charge in [0, 0.05) is 10.8 Å². The molecule has 1 aliphatic rings. The van der Waals surface area contributed by atoms with E-state index in [1.807, 2.05) is 17.8 Å². The van der Waals surface area contributed by atoms with Gasteiger partial charge >= 0.3 is 0 Å². The zero-order chi connectivity index (χ0) is 9.26. The molecular weight excluding hydrogens is 178 g/mol. The van der Waals surface area contributed by atoms with Gasteiger partial charge < -0.3 is 0 Å². The molecule has 0 aromatic heterocycles. The number of nitrogens with zero attached hydrogens (tertiary/aromatic N) is 1. The highest BCUT2D eigenvalue weighted by Gasteiger charge is 2.22. The number of rotatable bonds is 1. The summed E-state index contributed by atoms with van der Waals surface area (Å²) in [6.07, 6.45) is 0. The van der Waals surface area contributed by atoms with E-state index in [2.05, 4.69) is 43.1 Å². The molecule has 2 atom stereocenters. The quantitative estimate of drug-likeness (QED) is 0.664. The van der Waals surface area contributed by atoms with E-state index in [0.29, 0.717) is 11.3 Å². The summed E-state index contributed by atoms with van der Waals surface area (Å²) in [5.74, 6) is 0. The van der Waals surface area contributed by atoms with Crippen LogP contribution in [0.3, 0.4) is 0 Å². The van der Waals surface area contributed by atoms with Crippen LogP contribution in [-0.4, -0.2) is 16.3 Å². The van der Waals surface area contributed by atoms with E-state index in [4.69, 9.17) is 0 Å². The number of hydrogen-bond acceptors (Lipinski definition) is 2. The molecule has 0 saturated heterocycles. The van der Waals surface area contributed by atoms with Gasteiger partial charge in [-0.05, 0) is 6.92 Å². The van der Waals surface area contributed by atoms with Gasteiger partial charge in [0.15, 0.2) is 0 Å². The lowest BCUT2D eigenvalue weighted by atomic mass is 10.2. The maximum atomic E-state index is 4.62. The summed E-state index contributed by atoms with van der Waals surface area (Å²) in [5, 5.41) is 1.82. The molecule has 1 unspecified atom stereocenters. The summed E-state index contributed by atoms with van der Waals surface area (Å²) in [4.78, 5) is 4.62. The fraction of sp³-hybridized carbons (Fsp3) is 0.364. The highest BCUT2D eigenvalue weighted by Crippen LogP contribution is 2.29. The molecule has 1 heterocycles. The standard InChI is InChI=1S/C11H13NS/c1-8-9(2)13-11(12-8)10-6-4-3-5-7-10/h3-9H,1-2H3/t8?,9-/m1/s1. The largest absolute Gasteiger partial charge is 0.274 e. The summed E-state index contributed by atoms with van der Waals surface area (Å²) in [5.41, 5.74) is 1.25. The molecule has 2 heteroatoms. The molecule has 0 bridgehead atoms. The maximum absolute atomic E-state index is 4.62. The zero-order valence-electron chi connectivity index (χ0n) is 7.90. The van der Waals surface area contributed by atoms with Crippen molar-refractivity contribution in [2.75, 3.05) is 0 Å². The minimum Gasteiger partial charge on any atom is -0.274 e. The van der Waals surface area contributed by atoms with Crippen molar-refractivity contribution < 1.29 is 0 Å². The molecule has 0 aliphatic carbocycles. The van der Waals surface area contributed by atoms with Crippen molar-refractivity contribution in [2.45, 2.75) is 25.1 Å². The van der Waals surface area contributed by atoms with Gasteiger partial charge in [0.05, 0.1) is 11.1 Å². The molecule has 2 rings (SSSR count). The normalized spacial score (nSPS) is 27.4. The summed E-state index contributed by atoms with van der Waals surface area (Å²) in [6, 6.07) is 10.9. The molecule has 1 aromatic carbocycles. The van der Waals surface area contributed by atoms with Crippen molar-refractivity contribution in [3.63, 3.8) is 0 Å². The Kier molecular flexibility index (Phi) is 2.40. The summed E-state index contributed by atoms with van der Waals surface area (Å²) < 4.78 is 0. The lowest BCUT2D eigenvalue weighted by Crippen LogP contribution is -2.07. The van der Waals surface area contributed by atoms with Crippen LogP contribution in [0.1, 0.15) is 19.4 Å². The van der Waals surface area contributed by atoms with Gasteiger partial charge in [-0.15, -0.1) is 11.8 Å². The van der Waals surface area contributed by atoms with Gasteiger partial charge in [0.2, 0.25) is 0 Å². The van der Waals surface area contributed by atoms with E-state index in [-0.39, 0.29) is 0 Å². The second-order valence-electron chi connectivity index (χ2n) is 3.36. The first kappa shape index (κ1) is 8.82. The van der Waals surface area contributed by atoms with Crippen LogP contribution >= 0.6 is 11.8 Å². The Bertz CT molecular complexity index is 318. The van der Waals surface area contributed by atoms with Crippen LogP contribution < -0.4 is 0 Å². The summed E-state index contributed by atoms with van der Waals surface area (Å²) >= 11 is 1.88. The van der Waals surface area contributed by atoms with Gasteiger partial charge in [0.25, 0.3) is 0 Å². The average Bonchev–Trinajstić information content (AvgIpc) is 2.49. The van der Waals surface area contributed by atoms with E-state index >= 15 is 0 Å². The molecule has 1 aliphatic heterocycles. The van der Waals surface area contributed by atoms with E-state index < -0.39 is 0 Å². The molecule has 0 spiro atoms. The molecule has 0 radical (unpaired) electrons. The van der Waals surface area contributed by atoms with Gasteiger partial charge in [-0.1, -0.05) is 37.3 Å². The van der Waals surface area contributed by atoms with Crippen LogP contribution in [0.25, 0.3) is 0 Å². The van der Waals surface area contributed by atoms with Crippen LogP contribution in [0.4, 0.5) is 0 Å². The molecule has 0 saturated carbocycles. The second-order valence-corrected chi connectivity index (χ2v) is 4.73. The third-order valence-corrected chi connectivity index (χ3v) is 3.65. The Morgan fingerprint density at radius 2 is 1.85 bits per heavy atom. The first-order valence-electron chi connectivity index (χ1n) is 4.57. The van der Waals surface area contributed by atoms with Gasteiger partial charge in [-0.25, -0.2) is 0 Å². The van der Waals surface area contributed by atoms with Crippen molar-refractivity contribution in [2.24, 2.45) is 4.99 Å². The van der Waals surface area contributed by atoms with Gasteiger partial charge in [-0.3, -0.25) is 4.99 Å². The summed E-state index contributed by atoms with van der Waals surface area (Å²) in [6.45, 7) is 4.41. The first-order valence-corrected chi connectivity index (χ1v) is 5.45. The molecule has 0 fully saturated rings. The van der Waals surface area contributed by atoms with Gasteiger partial charge in [-0.2, -0.15) is 0 Å². The minimum absolute atomic E-state index is 0.459. The maximum Gasteiger partial charge on any atom is 0.0983 e. The number of thioether (sulfide) groups is 1. The molecule has 68 valence electrons. The van der Waals surface area contributed by atoms with E-state index in [1.165, 1.54) is 10.6 Å². The lowest BCUT2D eigenvalue weighted by molar-refractivity contribution is 0.749. The molecule has 0 N–H and O–H groups in total. The van der Waals surface area contributed by atoms with E-state index in [9.17, 15) is 0 Å². The molecular formula is C11H13NS. The summed E-state index contributed by atoms with van der Waals surface area (Å²) in [7, 11) is 0. The average molecular weight is 191 g/mol. The molecule has 1 nitrogen and oxygen atoms in total.